The lowest BCUT2D eigenvalue weighted by Crippen LogP contribution is -2.24. The highest BCUT2D eigenvalue weighted by Crippen LogP contribution is 2.34. The smallest absolute Gasteiger partial charge is 0.123 e. The molecular weight excluding hydrogens is 210 g/mol. The van der Waals surface area contributed by atoms with Crippen molar-refractivity contribution in [2.75, 3.05) is 20.2 Å². The van der Waals surface area contributed by atoms with Crippen LogP contribution < -0.4 is 10.1 Å². The fraction of sp³-hybridized carbons (Fsp3) is 0.600. The van der Waals surface area contributed by atoms with E-state index in [0.717, 1.165) is 25.3 Å². The minimum Gasteiger partial charge on any atom is -0.494 e. The average Bonchev–Trinajstić information content (AvgIpc) is 2.29. The topological polar surface area (TPSA) is 21.3 Å². The van der Waals surface area contributed by atoms with Crippen LogP contribution in [0, 0.1) is 6.92 Å². The van der Waals surface area contributed by atoms with Gasteiger partial charge in [-0.2, -0.15) is 0 Å². The summed E-state index contributed by atoms with van der Waals surface area (Å²) in [6.07, 6.45) is 1.10. The third-order valence-corrected chi connectivity index (χ3v) is 3.16. The first-order chi connectivity index (χ1) is 8.01. The van der Waals surface area contributed by atoms with Gasteiger partial charge >= 0.3 is 0 Å². The van der Waals surface area contributed by atoms with Gasteiger partial charge in [-0.3, -0.25) is 0 Å². The Hall–Kier alpha value is -1.02. The summed E-state index contributed by atoms with van der Waals surface area (Å²) in [4.78, 5) is 0. The van der Waals surface area contributed by atoms with Crippen molar-refractivity contribution in [2.45, 2.75) is 39.5 Å². The van der Waals surface area contributed by atoms with Crippen molar-refractivity contribution >= 4 is 0 Å². The highest BCUT2D eigenvalue weighted by Gasteiger charge is 2.24. The normalized spacial score (nSPS) is 11.6. The van der Waals surface area contributed by atoms with Crippen LogP contribution in [0.25, 0.3) is 0 Å². The molecule has 17 heavy (non-hydrogen) atoms. The van der Waals surface area contributed by atoms with E-state index in [-0.39, 0.29) is 5.41 Å². The lowest BCUT2D eigenvalue weighted by molar-refractivity contribution is 0.324. The van der Waals surface area contributed by atoms with Gasteiger partial charge in [0.15, 0.2) is 0 Å². The molecule has 1 N–H and O–H groups in total. The van der Waals surface area contributed by atoms with E-state index in [4.69, 9.17) is 4.74 Å². The molecule has 0 aliphatic carbocycles. The van der Waals surface area contributed by atoms with Crippen LogP contribution in [0.2, 0.25) is 0 Å². The molecule has 0 bridgehead atoms. The summed E-state index contributed by atoms with van der Waals surface area (Å²) in [5.74, 6) is 1.03. The predicted octanol–water partition coefficient (Wildman–Crippen LogP) is 3.28. The van der Waals surface area contributed by atoms with Crippen molar-refractivity contribution in [2.24, 2.45) is 0 Å². The van der Waals surface area contributed by atoms with Gasteiger partial charge in [0.2, 0.25) is 0 Å². The van der Waals surface area contributed by atoms with Crippen LogP contribution in [-0.4, -0.2) is 20.2 Å². The minimum atomic E-state index is 0.138. The molecule has 0 heterocycles. The third kappa shape index (κ3) is 3.74. The first kappa shape index (κ1) is 14.0. The van der Waals surface area contributed by atoms with Crippen molar-refractivity contribution in [1.82, 2.24) is 5.32 Å². The maximum atomic E-state index is 5.74. The molecule has 0 radical (unpaired) electrons. The summed E-state index contributed by atoms with van der Waals surface area (Å²) in [6.45, 7) is 10.5. The molecule has 1 rings (SSSR count). The Balaban J connectivity index is 3.03. The van der Waals surface area contributed by atoms with Gasteiger partial charge in [-0.25, -0.2) is 0 Å². The van der Waals surface area contributed by atoms with E-state index in [1.165, 1.54) is 11.1 Å². The first-order valence-electron chi connectivity index (χ1n) is 6.40. The van der Waals surface area contributed by atoms with Gasteiger partial charge < -0.3 is 10.1 Å². The second-order valence-corrected chi connectivity index (χ2v) is 5.17. The Labute approximate surface area is 105 Å². The third-order valence-electron chi connectivity index (χ3n) is 3.16. The van der Waals surface area contributed by atoms with Crippen LogP contribution in [0.5, 0.6) is 5.75 Å². The molecule has 0 saturated heterocycles. The number of benzene rings is 1. The van der Waals surface area contributed by atoms with Crippen LogP contribution >= 0.6 is 0 Å². The van der Waals surface area contributed by atoms with Crippen LogP contribution in [0.15, 0.2) is 18.2 Å². The van der Waals surface area contributed by atoms with Gasteiger partial charge in [-0.15, -0.1) is 0 Å². The summed E-state index contributed by atoms with van der Waals surface area (Å²) in [7, 11) is 2.00. The zero-order chi connectivity index (χ0) is 12.9. The van der Waals surface area contributed by atoms with Crippen LogP contribution in [-0.2, 0) is 5.41 Å². The van der Waals surface area contributed by atoms with Gasteiger partial charge in [0, 0.05) is 5.56 Å². The maximum absolute atomic E-state index is 5.74. The molecular formula is C15H25NO. The second-order valence-electron chi connectivity index (χ2n) is 5.17. The van der Waals surface area contributed by atoms with E-state index < -0.39 is 0 Å². The standard InChI is InChI=1S/C15H25NO/c1-6-17-14-8-7-12(2)11-13(14)15(3,4)9-10-16-5/h7-8,11,16H,6,9-10H2,1-5H3. The number of hydrogen-bond acceptors (Lipinski definition) is 2. The molecule has 0 aliphatic heterocycles. The van der Waals surface area contributed by atoms with Gasteiger partial charge in [-0.05, 0) is 45.3 Å². The zero-order valence-electron chi connectivity index (χ0n) is 11.8. The first-order valence-corrected chi connectivity index (χ1v) is 6.40. The lowest BCUT2D eigenvalue weighted by atomic mass is 9.80. The zero-order valence-corrected chi connectivity index (χ0v) is 11.8. The van der Waals surface area contributed by atoms with Gasteiger partial charge in [-0.1, -0.05) is 31.5 Å². The molecule has 0 saturated carbocycles. The lowest BCUT2D eigenvalue weighted by Gasteiger charge is -2.28. The van der Waals surface area contributed by atoms with Crippen molar-refractivity contribution in [3.8, 4) is 5.75 Å². The van der Waals surface area contributed by atoms with Crippen molar-refractivity contribution in [3.63, 3.8) is 0 Å². The molecule has 0 atom stereocenters. The van der Waals surface area contributed by atoms with E-state index in [1.54, 1.807) is 0 Å². The maximum Gasteiger partial charge on any atom is 0.123 e. The van der Waals surface area contributed by atoms with Crippen molar-refractivity contribution < 1.29 is 4.74 Å². The Bertz CT molecular complexity index is 358. The molecule has 1 aromatic carbocycles. The Morgan fingerprint density at radius 2 is 2.00 bits per heavy atom. The summed E-state index contributed by atoms with van der Waals surface area (Å²) in [6, 6.07) is 6.46. The molecule has 0 aromatic heterocycles. The Morgan fingerprint density at radius 1 is 1.29 bits per heavy atom. The van der Waals surface area contributed by atoms with Crippen molar-refractivity contribution in [1.29, 1.82) is 0 Å². The highest BCUT2D eigenvalue weighted by atomic mass is 16.5. The number of ether oxygens (including phenoxy) is 1. The van der Waals surface area contributed by atoms with E-state index >= 15 is 0 Å². The van der Waals surface area contributed by atoms with Crippen LogP contribution in [0.1, 0.15) is 38.3 Å². The Morgan fingerprint density at radius 3 is 2.59 bits per heavy atom. The van der Waals surface area contributed by atoms with E-state index in [9.17, 15) is 0 Å². The molecule has 0 aliphatic rings. The number of rotatable bonds is 6. The van der Waals surface area contributed by atoms with E-state index in [2.05, 4.69) is 44.3 Å². The SMILES string of the molecule is CCOc1ccc(C)cc1C(C)(C)CCNC. The van der Waals surface area contributed by atoms with Crippen LogP contribution in [0.4, 0.5) is 0 Å². The average molecular weight is 235 g/mol. The van der Waals surface area contributed by atoms with E-state index in [0.29, 0.717) is 0 Å². The summed E-state index contributed by atoms with van der Waals surface area (Å²) < 4.78 is 5.74. The van der Waals surface area contributed by atoms with Crippen LogP contribution in [0.3, 0.4) is 0 Å². The van der Waals surface area contributed by atoms with Gasteiger partial charge in [0.05, 0.1) is 6.61 Å². The molecule has 2 nitrogen and oxygen atoms in total. The fourth-order valence-corrected chi connectivity index (χ4v) is 2.03. The molecule has 0 amide bonds. The molecule has 1 aromatic rings. The Kier molecular flexibility index (Phi) is 5.01. The quantitative estimate of drug-likeness (QED) is 0.817. The number of hydrogen-bond donors (Lipinski definition) is 1. The van der Waals surface area contributed by atoms with Gasteiger partial charge in [0.1, 0.15) is 5.75 Å². The minimum absolute atomic E-state index is 0.138. The monoisotopic (exact) mass is 235 g/mol. The molecule has 2 heteroatoms. The molecule has 96 valence electrons. The van der Waals surface area contributed by atoms with Crippen molar-refractivity contribution in [3.05, 3.63) is 29.3 Å². The summed E-state index contributed by atoms with van der Waals surface area (Å²) in [5, 5.41) is 3.22. The highest BCUT2D eigenvalue weighted by molar-refractivity contribution is 5.41. The van der Waals surface area contributed by atoms with E-state index in [1.807, 2.05) is 14.0 Å². The summed E-state index contributed by atoms with van der Waals surface area (Å²) >= 11 is 0. The molecule has 0 spiro atoms. The number of nitrogens with one attached hydrogen (secondary N) is 1. The molecule has 0 fully saturated rings. The second kappa shape index (κ2) is 6.06. The fourth-order valence-electron chi connectivity index (χ4n) is 2.03. The van der Waals surface area contributed by atoms with Gasteiger partial charge in [0.25, 0.3) is 0 Å². The molecule has 0 unspecified atom stereocenters. The predicted molar refractivity (Wildman–Crippen MR) is 73.9 cm³/mol. The largest absolute Gasteiger partial charge is 0.494 e. The summed E-state index contributed by atoms with van der Waals surface area (Å²) in [5.41, 5.74) is 2.75. The number of aryl methyl sites for hydroxylation is 1.